The number of carboxylic acid groups (broad SMARTS) is 1. The lowest BCUT2D eigenvalue weighted by molar-refractivity contribution is -0.141. The molecular formula is C16H18N4O3. The Morgan fingerprint density at radius 2 is 2.17 bits per heavy atom. The molecule has 2 N–H and O–H groups in total. The summed E-state index contributed by atoms with van der Waals surface area (Å²) in [6.07, 6.45) is 3.31. The van der Waals surface area contributed by atoms with Crippen LogP contribution in [-0.4, -0.2) is 38.0 Å². The Hall–Kier alpha value is -2.70. The van der Waals surface area contributed by atoms with Crippen molar-refractivity contribution < 1.29 is 14.7 Å². The highest BCUT2D eigenvalue weighted by Gasteiger charge is 2.31. The van der Waals surface area contributed by atoms with Crippen LogP contribution in [0.15, 0.2) is 30.5 Å². The Bertz CT molecular complexity index is 740. The number of aliphatic carboxylic acids is 1. The number of carboxylic acids is 1. The lowest BCUT2D eigenvalue weighted by Gasteiger charge is -2.10. The van der Waals surface area contributed by atoms with Crippen LogP contribution in [0.3, 0.4) is 0 Å². The monoisotopic (exact) mass is 314 g/mol. The molecule has 7 nitrogen and oxygen atoms in total. The fourth-order valence-corrected chi connectivity index (χ4v) is 2.86. The fraction of sp³-hybridized carbons (Fsp3) is 0.375. The molecule has 1 aliphatic carbocycles. The molecule has 7 heteroatoms. The third-order valence-electron chi connectivity index (χ3n) is 4.11. The third kappa shape index (κ3) is 3.39. The molecule has 23 heavy (non-hydrogen) atoms. The number of hydrogen-bond donors (Lipinski definition) is 2. The van der Waals surface area contributed by atoms with E-state index in [0.29, 0.717) is 19.3 Å². The van der Waals surface area contributed by atoms with Crippen LogP contribution >= 0.6 is 0 Å². The fourth-order valence-electron chi connectivity index (χ4n) is 2.86. The van der Waals surface area contributed by atoms with E-state index in [1.165, 1.54) is 0 Å². The van der Waals surface area contributed by atoms with Gasteiger partial charge in [-0.2, -0.15) is 0 Å². The summed E-state index contributed by atoms with van der Waals surface area (Å²) in [5.41, 5.74) is 2.16. The van der Waals surface area contributed by atoms with Crippen LogP contribution in [0, 0.1) is 12.8 Å². The second-order valence-electron chi connectivity index (χ2n) is 5.91. The first-order chi connectivity index (χ1) is 11.0. The zero-order valence-corrected chi connectivity index (χ0v) is 12.8. The van der Waals surface area contributed by atoms with Gasteiger partial charge in [-0.15, -0.1) is 5.10 Å². The minimum Gasteiger partial charge on any atom is -0.481 e. The number of rotatable bonds is 4. The molecule has 0 aliphatic heterocycles. The van der Waals surface area contributed by atoms with E-state index in [4.69, 9.17) is 5.11 Å². The van der Waals surface area contributed by atoms with E-state index in [1.54, 1.807) is 10.9 Å². The molecule has 2 aromatic rings. The molecule has 0 spiro atoms. The Morgan fingerprint density at radius 3 is 2.87 bits per heavy atom. The average Bonchev–Trinajstić information content (AvgIpc) is 3.16. The number of nitrogens with one attached hydrogen (secondary N) is 1. The molecule has 0 bridgehead atoms. The SMILES string of the molecule is Cc1cccc(-n2cc(C(=O)N[C@@H]3CC[C@H](C(=O)O)C3)nn2)c1. The van der Waals surface area contributed by atoms with Crippen molar-refractivity contribution in [2.45, 2.75) is 32.2 Å². The summed E-state index contributed by atoms with van der Waals surface area (Å²) in [6.45, 7) is 1.98. The predicted molar refractivity (Wildman–Crippen MR) is 82.3 cm³/mol. The Balaban J connectivity index is 1.66. The van der Waals surface area contributed by atoms with Crippen molar-refractivity contribution in [3.05, 3.63) is 41.7 Å². The quantitative estimate of drug-likeness (QED) is 0.892. The van der Waals surface area contributed by atoms with Gasteiger partial charge in [0.05, 0.1) is 17.8 Å². The molecule has 1 saturated carbocycles. The first-order valence-electron chi connectivity index (χ1n) is 7.56. The van der Waals surface area contributed by atoms with Crippen LogP contribution in [0.2, 0.25) is 0 Å². The van der Waals surface area contributed by atoms with Crippen molar-refractivity contribution in [3.63, 3.8) is 0 Å². The minimum atomic E-state index is -0.799. The largest absolute Gasteiger partial charge is 0.481 e. The van der Waals surface area contributed by atoms with Crippen molar-refractivity contribution in [3.8, 4) is 5.69 Å². The van der Waals surface area contributed by atoms with Crippen molar-refractivity contribution in [2.75, 3.05) is 0 Å². The van der Waals surface area contributed by atoms with Gasteiger partial charge < -0.3 is 10.4 Å². The van der Waals surface area contributed by atoms with Gasteiger partial charge in [-0.05, 0) is 43.9 Å². The molecule has 0 unspecified atom stereocenters. The topological polar surface area (TPSA) is 97.1 Å². The van der Waals surface area contributed by atoms with Crippen LogP contribution < -0.4 is 5.32 Å². The van der Waals surface area contributed by atoms with Crippen LogP contribution in [-0.2, 0) is 4.79 Å². The van der Waals surface area contributed by atoms with E-state index < -0.39 is 5.97 Å². The van der Waals surface area contributed by atoms with Crippen LogP contribution in [0.25, 0.3) is 5.69 Å². The summed E-state index contributed by atoms with van der Waals surface area (Å²) >= 11 is 0. The molecule has 1 aromatic carbocycles. The van der Waals surface area contributed by atoms with Crippen molar-refractivity contribution in [2.24, 2.45) is 5.92 Å². The molecular weight excluding hydrogens is 296 g/mol. The van der Waals surface area contributed by atoms with Gasteiger partial charge >= 0.3 is 5.97 Å². The smallest absolute Gasteiger partial charge is 0.306 e. The average molecular weight is 314 g/mol. The molecule has 1 aliphatic rings. The van der Waals surface area contributed by atoms with E-state index in [9.17, 15) is 9.59 Å². The number of carbonyl (C=O) groups is 2. The molecule has 3 rings (SSSR count). The van der Waals surface area contributed by atoms with E-state index in [1.807, 2.05) is 31.2 Å². The number of amides is 1. The number of benzene rings is 1. The normalized spacial score (nSPS) is 20.4. The van der Waals surface area contributed by atoms with E-state index >= 15 is 0 Å². The van der Waals surface area contributed by atoms with Crippen molar-refractivity contribution in [1.82, 2.24) is 20.3 Å². The van der Waals surface area contributed by atoms with Gasteiger partial charge in [0.25, 0.3) is 5.91 Å². The summed E-state index contributed by atoms with van der Waals surface area (Å²) in [6, 6.07) is 7.61. The summed E-state index contributed by atoms with van der Waals surface area (Å²) in [5, 5.41) is 19.7. The molecule has 0 saturated heterocycles. The van der Waals surface area contributed by atoms with E-state index in [2.05, 4.69) is 15.6 Å². The van der Waals surface area contributed by atoms with Gasteiger partial charge in [-0.1, -0.05) is 17.3 Å². The van der Waals surface area contributed by atoms with Crippen LogP contribution in [0.5, 0.6) is 0 Å². The highest BCUT2D eigenvalue weighted by molar-refractivity contribution is 5.92. The lowest BCUT2D eigenvalue weighted by Crippen LogP contribution is -2.33. The Morgan fingerprint density at radius 1 is 1.35 bits per heavy atom. The summed E-state index contributed by atoms with van der Waals surface area (Å²) in [5.74, 6) is -1.49. The second kappa shape index (κ2) is 6.20. The summed E-state index contributed by atoms with van der Waals surface area (Å²) in [7, 11) is 0. The maximum atomic E-state index is 12.2. The maximum Gasteiger partial charge on any atom is 0.306 e. The third-order valence-corrected chi connectivity index (χ3v) is 4.11. The summed E-state index contributed by atoms with van der Waals surface area (Å²) in [4.78, 5) is 23.2. The van der Waals surface area contributed by atoms with Crippen molar-refractivity contribution in [1.29, 1.82) is 0 Å². The Labute approximate surface area is 133 Å². The number of aromatic nitrogens is 3. The van der Waals surface area contributed by atoms with Gasteiger partial charge in [0.1, 0.15) is 0 Å². The zero-order chi connectivity index (χ0) is 16.4. The van der Waals surface area contributed by atoms with Gasteiger partial charge in [-0.25, -0.2) is 4.68 Å². The standard InChI is InChI=1S/C16H18N4O3/c1-10-3-2-4-13(7-10)20-9-14(18-19-20)15(21)17-12-6-5-11(8-12)16(22)23/h2-4,7,9,11-12H,5-6,8H2,1H3,(H,17,21)(H,22,23)/t11-,12+/m0/s1. The first-order valence-corrected chi connectivity index (χ1v) is 7.56. The first kappa shape index (κ1) is 15.2. The molecule has 1 aromatic heterocycles. The number of carbonyl (C=O) groups excluding carboxylic acids is 1. The minimum absolute atomic E-state index is 0.118. The van der Waals surface area contributed by atoms with Gasteiger partial charge in [0.15, 0.2) is 5.69 Å². The van der Waals surface area contributed by atoms with E-state index in [-0.39, 0.29) is 23.6 Å². The highest BCUT2D eigenvalue weighted by atomic mass is 16.4. The van der Waals surface area contributed by atoms with Gasteiger partial charge in [-0.3, -0.25) is 9.59 Å². The van der Waals surface area contributed by atoms with Gasteiger partial charge in [0, 0.05) is 6.04 Å². The number of aryl methyl sites for hydroxylation is 1. The van der Waals surface area contributed by atoms with Crippen LogP contribution in [0.4, 0.5) is 0 Å². The van der Waals surface area contributed by atoms with Crippen molar-refractivity contribution >= 4 is 11.9 Å². The Kier molecular flexibility index (Phi) is 4.10. The molecule has 120 valence electrons. The predicted octanol–water partition coefficient (Wildman–Crippen LogP) is 1.56. The molecule has 1 amide bonds. The summed E-state index contributed by atoms with van der Waals surface area (Å²) < 4.78 is 1.55. The maximum absolute atomic E-state index is 12.2. The molecule has 0 radical (unpaired) electrons. The number of hydrogen-bond acceptors (Lipinski definition) is 4. The molecule has 2 atom stereocenters. The lowest BCUT2D eigenvalue weighted by atomic mass is 10.1. The zero-order valence-electron chi connectivity index (χ0n) is 12.8. The molecule has 1 fully saturated rings. The van der Waals surface area contributed by atoms with E-state index in [0.717, 1.165) is 11.3 Å². The van der Waals surface area contributed by atoms with Crippen LogP contribution in [0.1, 0.15) is 35.3 Å². The highest BCUT2D eigenvalue weighted by Crippen LogP contribution is 2.25. The molecule has 1 heterocycles. The van der Waals surface area contributed by atoms with Gasteiger partial charge in [0.2, 0.25) is 0 Å². The second-order valence-corrected chi connectivity index (χ2v) is 5.91. The number of nitrogens with zero attached hydrogens (tertiary/aromatic N) is 3.